The predicted octanol–water partition coefficient (Wildman–Crippen LogP) is 3.26. The van der Waals surface area contributed by atoms with Crippen LogP contribution in [-0.2, 0) is 0 Å². The van der Waals surface area contributed by atoms with Gasteiger partial charge in [0.15, 0.2) is 0 Å². The Balaban J connectivity index is 2.08. The molecule has 3 nitrogen and oxygen atoms in total. The summed E-state index contributed by atoms with van der Waals surface area (Å²) in [6, 6.07) is 5.64. The van der Waals surface area contributed by atoms with Crippen molar-refractivity contribution in [1.82, 2.24) is 5.32 Å². The number of benzene rings is 1. The lowest BCUT2D eigenvalue weighted by molar-refractivity contribution is 0.153. The molecule has 1 aliphatic heterocycles. The average molecular weight is 296 g/mol. The number of aliphatic hydroxyl groups excluding tert-OH is 1. The Hall–Kier alpha value is -1.03. The van der Waals surface area contributed by atoms with Gasteiger partial charge in [-0.15, -0.1) is 0 Å². The van der Waals surface area contributed by atoms with Gasteiger partial charge in [0.25, 0.3) is 0 Å². The zero-order chi connectivity index (χ0) is 14.6. The highest BCUT2D eigenvalue weighted by Crippen LogP contribution is 2.29. The SMILES string of the molecule is CCC(CC)(CO)NCC1=Cc2cc(Cl)ccc2OC1. The lowest BCUT2D eigenvalue weighted by Gasteiger charge is -2.32. The Morgan fingerprint density at radius 3 is 2.75 bits per heavy atom. The number of fused-ring (bicyclic) bond motifs is 1. The van der Waals surface area contributed by atoms with E-state index in [1.807, 2.05) is 18.2 Å². The smallest absolute Gasteiger partial charge is 0.127 e. The van der Waals surface area contributed by atoms with Gasteiger partial charge in [0.1, 0.15) is 12.4 Å². The summed E-state index contributed by atoms with van der Waals surface area (Å²) in [6.45, 7) is 5.63. The highest BCUT2D eigenvalue weighted by Gasteiger charge is 2.25. The molecule has 0 unspecified atom stereocenters. The minimum atomic E-state index is -0.199. The number of aliphatic hydroxyl groups is 1. The molecule has 0 fully saturated rings. The molecule has 0 spiro atoms. The van der Waals surface area contributed by atoms with E-state index in [4.69, 9.17) is 16.3 Å². The normalized spacial score (nSPS) is 14.5. The van der Waals surface area contributed by atoms with Gasteiger partial charge in [-0.3, -0.25) is 0 Å². The highest BCUT2D eigenvalue weighted by molar-refractivity contribution is 6.30. The molecule has 1 heterocycles. The molecule has 1 aromatic carbocycles. The Kier molecular flexibility index (Phi) is 5.08. The molecule has 4 heteroatoms. The molecular formula is C16H22ClNO2. The first kappa shape index (κ1) is 15.4. The molecule has 0 amide bonds. The van der Waals surface area contributed by atoms with Crippen molar-refractivity contribution in [2.24, 2.45) is 0 Å². The molecule has 110 valence electrons. The van der Waals surface area contributed by atoms with E-state index >= 15 is 0 Å². The van der Waals surface area contributed by atoms with E-state index in [-0.39, 0.29) is 12.1 Å². The zero-order valence-electron chi connectivity index (χ0n) is 12.1. The second kappa shape index (κ2) is 6.61. The van der Waals surface area contributed by atoms with Gasteiger partial charge < -0.3 is 15.2 Å². The molecule has 0 atom stereocenters. The molecule has 0 aliphatic carbocycles. The summed E-state index contributed by atoms with van der Waals surface area (Å²) in [6.07, 6.45) is 3.91. The molecular weight excluding hydrogens is 274 g/mol. The molecule has 1 aromatic rings. The minimum Gasteiger partial charge on any atom is -0.489 e. The van der Waals surface area contributed by atoms with E-state index in [0.29, 0.717) is 18.2 Å². The third-order valence-corrected chi connectivity index (χ3v) is 4.33. The van der Waals surface area contributed by atoms with Gasteiger partial charge >= 0.3 is 0 Å². The molecule has 0 saturated heterocycles. The van der Waals surface area contributed by atoms with Crippen molar-refractivity contribution in [3.05, 3.63) is 34.4 Å². The van der Waals surface area contributed by atoms with E-state index in [2.05, 4.69) is 25.2 Å². The number of rotatable bonds is 6. The van der Waals surface area contributed by atoms with Crippen LogP contribution < -0.4 is 10.1 Å². The zero-order valence-corrected chi connectivity index (χ0v) is 12.8. The van der Waals surface area contributed by atoms with Crippen molar-refractivity contribution in [1.29, 1.82) is 0 Å². The van der Waals surface area contributed by atoms with Crippen molar-refractivity contribution >= 4 is 17.7 Å². The summed E-state index contributed by atoms with van der Waals surface area (Å²) >= 11 is 6.01. The molecule has 2 N–H and O–H groups in total. The van der Waals surface area contributed by atoms with Crippen LogP contribution in [0.25, 0.3) is 6.08 Å². The van der Waals surface area contributed by atoms with E-state index in [9.17, 15) is 5.11 Å². The fraction of sp³-hybridized carbons (Fsp3) is 0.500. The first-order chi connectivity index (χ1) is 9.62. The molecule has 0 radical (unpaired) electrons. The maximum absolute atomic E-state index is 9.57. The van der Waals surface area contributed by atoms with Crippen LogP contribution in [0.15, 0.2) is 23.8 Å². The van der Waals surface area contributed by atoms with E-state index in [1.165, 1.54) is 5.57 Å². The van der Waals surface area contributed by atoms with Gasteiger partial charge in [0, 0.05) is 22.7 Å². The first-order valence-corrected chi connectivity index (χ1v) is 7.48. The Labute approximate surface area is 125 Å². The van der Waals surface area contributed by atoms with Crippen molar-refractivity contribution in [3.8, 4) is 5.75 Å². The summed E-state index contributed by atoms with van der Waals surface area (Å²) in [5.74, 6) is 0.873. The minimum absolute atomic E-state index is 0.149. The lowest BCUT2D eigenvalue weighted by atomic mass is 9.93. The van der Waals surface area contributed by atoms with Crippen molar-refractivity contribution < 1.29 is 9.84 Å². The van der Waals surface area contributed by atoms with Gasteiger partial charge in [-0.25, -0.2) is 0 Å². The van der Waals surface area contributed by atoms with Crippen LogP contribution in [0.1, 0.15) is 32.3 Å². The number of nitrogens with one attached hydrogen (secondary N) is 1. The van der Waals surface area contributed by atoms with Gasteiger partial charge in [0.2, 0.25) is 0 Å². The van der Waals surface area contributed by atoms with E-state index in [0.717, 1.165) is 24.2 Å². The molecule has 0 saturated carbocycles. The standard InChI is InChI=1S/C16H22ClNO2/c1-3-16(4-2,11-19)18-9-12-7-13-8-14(17)5-6-15(13)20-10-12/h5-8,18-19H,3-4,9-11H2,1-2H3. The van der Waals surface area contributed by atoms with Gasteiger partial charge in [-0.1, -0.05) is 25.4 Å². The van der Waals surface area contributed by atoms with E-state index in [1.54, 1.807) is 0 Å². The van der Waals surface area contributed by atoms with Crippen molar-refractivity contribution in [3.63, 3.8) is 0 Å². The number of ether oxygens (including phenoxy) is 1. The van der Waals surface area contributed by atoms with Gasteiger partial charge in [0.05, 0.1) is 6.61 Å². The van der Waals surface area contributed by atoms with Crippen molar-refractivity contribution in [2.75, 3.05) is 19.8 Å². The maximum atomic E-state index is 9.57. The highest BCUT2D eigenvalue weighted by atomic mass is 35.5. The fourth-order valence-electron chi connectivity index (χ4n) is 2.38. The third kappa shape index (κ3) is 3.35. The monoisotopic (exact) mass is 295 g/mol. The van der Waals surface area contributed by atoms with Crippen LogP contribution in [0.3, 0.4) is 0 Å². The van der Waals surface area contributed by atoms with Crippen LogP contribution in [0.5, 0.6) is 5.75 Å². The molecule has 2 rings (SSSR count). The van der Waals surface area contributed by atoms with Crippen molar-refractivity contribution in [2.45, 2.75) is 32.2 Å². The summed E-state index contributed by atoms with van der Waals surface area (Å²) in [7, 11) is 0. The lowest BCUT2D eigenvalue weighted by Crippen LogP contribution is -2.48. The van der Waals surface area contributed by atoms with Crippen LogP contribution in [0, 0.1) is 0 Å². The summed E-state index contributed by atoms with van der Waals surface area (Å²) in [4.78, 5) is 0. The average Bonchev–Trinajstić information content (AvgIpc) is 2.49. The number of hydrogen-bond donors (Lipinski definition) is 2. The molecule has 20 heavy (non-hydrogen) atoms. The van der Waals surface area contributed by atoms with Crippen LogP contribution in [0.4, 0.5) is 0 Å². The third-order valence-electron chi connectivity index (χ3n) is 4.09. The molecule has 0 aromatic heterocycles. The van der Waals surface area contributed by atoms with E-state index < -0.39 is 0 Å². The largest absolute Gasteiger partial charge is 0.489 e. The topological polar surface area (TPSA) is 41.5 Å². The van der Waals surface area contributed by atoms with Crippen LogP contribution in [-0.4, -0.2) is 30.4 Å². The maximum Gasteiger partial charge on any atom is 0.127 e. The predicted molar refractivity (Wildman–Crippen MR) is 83.3 cm³/mol. The molecule has 1 aliphatic rings. The number of halogens is 1. The fourth-order valence-corrected chi connectivity index (χ4v) is 2.56. The van der Waals surface area contributed by atoms with Gasteiger partial charge in [-0.05, 0) is 42.7 Å². The number of hydrogen-bond acceptors (Lipinski definition) is 3. The Morgan fingerprint density at radius 2 is 2.10 bits per heavy atom. The summed E-state index contributed by atoms with van der Waals surface area (Å²) in [5, 5.41) is 13.7. The summed E-state index contributed by atoms with van der Waals surface area (Å²) in [5.41, 5.74) is 1.98. The Bertz CT molecular complexity index is 487. The van der Waals surface area contributed by atoms with Gasteiger partial charge in [-0.2, -0.15) is 0 Å². The summed E-state index contributed by atoms with van der Waals surface area (Å²) < 4.78 is 5.73. The quantitative estimate of drug-likeness (QED) is 0.846. The Morgan fingerprint density at radius 1 is 1.35 bits per heavy atom. The first-order valence-electron chi connectivity index (χ1n) is 7.10. The van der Waals surface area contributed by atoms with Crippen LogP contribution >= 0.6 is 11.6 Å². The second-order valence-electron chi connectivity index (χ2n) is 5.27. The van der Waals surface area contributed by atoms with Crippen LogP contribution in [0.2, 0.25) is 5.02 Å². The second-order valence-corrected chi connectivity index (χ2v) is 5.71. The molecule has 0 bridgehead atoms.